The lowest BCUT2D eigenvalue weighted by Crippen LogP contribution is -2.14. The largest absolute Gasteiger partial charge is 0.364 e. The molecule has 0 atom stereocenters. The molecule has 0 saturated carbocycles. The number of nitrogens with two attached hydrogens (primary N) is 1. The summed E-state index contributed by atoms with van der Waals surface area (Å²) in [5.74, 6) is 0.103. The summed E-state index contributed by atoms with van der Waals surface area (Å²) >= 11 is 12.5. The third-order valence-corrected chi connectivity index (χ3v) is 5.21. The maximum Gasteiger partial charge on any atom is 0.271 e. The Morgan fingerprint density at radius 2 is 1.77 bits per heavy atom. The van der Waals surface area contributed by atoms with Crippen molar-refractivity contribution in [3.8, 4) is 17.1 Å². The van der Waals surface area contributed by atoms with Gasteiger partial charge in [0.15, 0.2) is 11.5 Å². The van der Waals surface area contributed by atoms with Crippen molar-refractivity contribution in [2.24, 2.45) is 5.73 Å². The molecule has 0 spiro atoms. The van der Waals surface area contributed by atoms with E-state index in [1.165, 1.54) is 11.0 Å². The zero-order valence-electron chi connectivity index (χ0n) is 16.8. The van der Waals surface area contributed by atoms with Crippen molar-refractivity contribution in [2.45, 2.75) is 19.9 Å². The molecule has 2 aromatic heterocycles. The number of nitrogens with one attached hydrogen (secondary N) is 1. The lowest BCUT2D eigenvalue weighted by atomic mass is 10.2. The summed E-state index contributed by atoms with van der Waals surface area (Å²) in [6.07, 6.45) is 3.16. The van der Waals surface area contributed by atoms with Crippen molar-refractivity contribution in [1.29, 1.82) is 0 Å². The molecule has 4 aromatic rings. The summed E-state index contributed by atoms with van der Waals surface area (Å²) in [5, 5.41) is 12.5. The number of halogens is 2. The van der Waals surface area contributed by atoms with E-state index in [1.807, 2.05) is 42.8 Å². The molecule has 3 N–H and O–H groups in total. The minimum atomic E-state index is -0.675. The van der Waals surface area contributed by atoms with Gasteiger partial charge in [0.2, 0.25) is 0 Å². The quantitative estimate of drug-likeness (QED) is 0.431. The topological polar surface area (TPSA) is 104 Å². The number of hydrogen-bond acceptors (Lipinski definition) is 5. The molecule has 0 aliphatic rings. The van der Waals surface area contributed by atoms with Gasteiger partial charge in [0.1, 0.15) is 12.0 Å². The number of para-hydroxylation sites is 1. The Balaban J connectivity index is 1.66. The molecule has 8 nitrogen and oxygen atoms in total. The first-order valence-electron chi connectivity index (χ1n) is 9.46. The average molecular weight is 456 g/mol. The van der Waals surface area contributed by atoms with Gasteiger partial charge in [0.25, 0.3) is 5.91 Å². The van der Waals surface area contributed by atoms with Crippen LogP contribution < -0.4 is 11.1 Å². The Bertz CT molecular complexity index is 1220. The number of benzene rings is 2. The van der Waals surface area contributed by atoms with Gasteiger partial charge in [0, 0.05) is 17.3 Å². The van der Waals surface area contributed by atoms with E-state index in [2.05, 4.69) is 20.5 Å². The molecular formula is C21H19Cl2N7O. The van der Waals surface area contributed by atoms with Gasteiger partial charge < -0.3 is 11.1 Å². The fourth-order valence-corrected chi connectivity index (χ4v) is 3.73. The van der Waals surface area contributed by atoms with Crippen molar-refractivity contribution in [1.82, 2.24) is 24.5 Å². The second-order valence-electron chi connectivity index (χ2n) is 7.09. The van der Waals surface area contributed by atoms with Crippen molar-refractivity contribution in [3.05, 3.63) is 70.7 Å². The first-order valence-corrected chi connectivity index (χ1v) is 10.2. The summed E-state index contributed by atoms with van der Waals surface area (Å²) in [6, 6.07) is 12.9. The highest BCUT2D eigenvalue weighted by Crippen LogP contribution is 2.31. The lowest BCUT2D eigenvalue weighted by Gasteiger charge is -2.10. The summed E-state index contributed by atoms with van der Waals surface area (Å²) in [4.78, 5) is 16.3. The predicted octanol–water partition coefficient (Wildman–Crippen LogP) is 4.86. The Morgan fingerprint density at radius 3 is 2.39 bits per heavy atom. The molecule has 10 heteroatoms. The van der Waals surface area contributed by atoms with Gasteiger partial charge in [0.05, 0.1) is 21.9 Å². The number of amides is 1. The van der Waals surface area contributed by atoms with Crippen molar-refractivity contribution in [2.75, 3.05) is 5.32 Å². The molecule has 0 bridgehead atoms. The number of nitrogens with zero attached hydrogens (tertiary/aromatic N) is 5. The molecular weight excluding hydrogens is 437 g/mol. The van der Waals surface area contributed by atoms with Crippen LogP contribution in [0.2, 0.25) is 10.0 Å². The van der Waals surface area contributed by atoms with E-state index in [0.717, 1.165) is 17.1 Å². The molecule has 158 valence electrons. The van der Waals surface area contributed by atoms with Crippen LogP contribution in [0.4, 0.5) is 11.4 Å². The number of rotatable bonds is 6. The zero-order valence-corrected chi connectivity index (χ0v) is 18.3. The highest BCUT2D eigenvalue weighted by Gasteiger charge is 2.18. The molecule has 1 amide bonds. The van der Waals surface area contributed by atoms with Crippen LogP contribution in [0, 0.1) is 0 Å². The van der Waals surface area contributed by atoms with Crippen LogP contribution in [0.25, 0.3) is 17.1 Å². The Labute approximate surface area is 188 Å². The van der Waals surface area contributed by atoms with Crippen LogP contribution in [0.1, 0.15) is 30.4 Å². The number of aromatic nitrogens is 5. The third kappa shape index (κ3) is 4.12. The first kappa shape index (κ1) is 20.9. The SMILES string of the molecule is CC(C)n1ncnc1-c1ccc(Nc2cn(-c3c(Cl)cccc3Cl)nc2C(N)=O)cc1. The van der Waals surface area contributed by atoms with Crippen molar-refractivity contribution < 1.29 is 4.79 Å². The standard InChI is InChI=1S/C21H19Cl2N7O/c1-12(2)30-21(25-11-26-30)13-6-8-14(9-7-13)27-17-10-29(28-18(17)20(24)31)19-15(22)4-3-5-16(19)23/h3-12,27H,1-2H3,(H2,24,31). The van der Waals surface area contributed by atoms with E-state index in [9.17, 15) is 4.79 Å². The fraction of sp³-hybridized carbons (Fsp3) is 0.143. The molecule has 0 aliphatic carbocycles. The molecule has 0 saturated heterocycles. The van der Waals surface area contributed by atoms with E-state index in [4.69, 9.17) is 28.9 Å². The molecule has 0 radical (unpaired) electrons. The molecule has 2 heterocycles. The van der Waals surface area contributed by atoms with Gasteiger partial charge >= 0.3 is 0 Å². The number of primary amides is 1. The summed E-state index contributed by atoms with van der Waals surface area (Å²) in [5.41, 5.74) is 8.16. The van der Waals surface area contributed by atoms with Gasteiger partial charge in [-0.2, -0.15) is 10.2 Å². The number of hydrogen-bond donors (Lipinski definition) is 2. The third-order valence-electron chi connectivity index (χ3n) is 4.60. The monoisotopic (exact) mass is 455 g/mol. The van der Waals surface area contributed by atoms with Crippen molar-refractivity contribution >= 4 is 40.5 Å². The maximum absolute atomic E-state index is 12.0. The summed E-state index contributed by atoms with van der Waals surface area (Å²) < 4.78 is 3.29. The minimum absolute atomic E-state index is 0.0691. The maximum atomic E-state index is 12.0. The summed E-state index contributed by atoms with van der Waals surface area (Å²) in [7, 11) is 0. The second-order valence-corrected chi connectivity index (χ2v) is 7.91. The van der Waals surface area contributed by atoms with E-state index in [-0.39, 0.29) is 11.7 Å². The van der Waals surface area contributed by atoms with E-state index < -0.39 is 5.91 Å². The van der Waals surface area contributed by atoms with Crippen LogP contribution in [0.15, 0.2) is 55.0 Å². The van der Waals surface area contributed by atoms with E-state index in [0.29, 0.717) is 21.4 Å². The average Bonchev–Trinajstić information content (AvgIpc) is 3.36. The predicted molar refractivity (Wildman–Crippen MR) is 121 cm³/mol. The fourth-order valence-electron chi connectivity index (χ4n) is 3.16. The lowest BCUT2D eigenvalue weighted by molar-refractivity contribution is 0.0996. The zero-order chi connectivity index (χ0) is 22.1. The molecule has 0 aliphatic heterocycles. The Morgan fingerprint density at radius 1 is 1.10 bits per heavy atom. The molecule has 4 rings (SSSR count). The second kappa shape index (κ2) is 8.41. The van der Waals surface area contributed by atoms with Gasteiger partial charge in [-0.05, 0) is 50.2 Å². The summed E-state index contributed by atoms with van der Waals surface area (Å²) in [6.45, 7) is 4.09. The van der Waals surface area contributed by atoms with E-state index >= 15 is 0 Å². The number of carbonyl (C=O) groups is 1. The number of anilines is 2. The first-order chi connectivity index (χ1) is 14.8. The number of carbonyl (C=O) groups excluding carboxylic acids is 1. The highest BCUT2D eigenvalue weighted by atomic mass is 35.5. The van der Waals surface area contributed by atoms with Gasteiger partial charge in [-0.1, -0.05) is 29.3 Å². The molecule has 0 fully saturated rings. The Kier molecular flexibility index (Phi) is 5.67. The van der Waals surface area contributed by atoms with Crippen LogP contribution in [-0.4, -0.2) is 30.5 Å². The normalized spacial score (nSPS) is 11.1. The van der Waals surface area contributed by atoms with Crippen LogP contribution in [-0.2, 0) is 0 Å². The molecule has 31 heavy (non-hydrogen) atoms. The smallest absolute Gasteiger partial charge is 0.271 e. The van der Waals surface area contributed by atoms with Crippen LogP contribution >= 0.6 is 23.2 Å². The van der Waals surface area contributed by atoms with Gasteiger partial charge in [-0.3, -0.25) is 4.79 Å². The van der Waals surface area contributed by atoms with E-state index in [1.54, 1.807) is 24.4 Å². The highest BCUT2D eigenvalue weighted by molar-refractivity contribution is 6.37. The van der Waals surface area contributed by atoms with Gasteiger partial charge in [-0.15, -0.1) is 0 Å². The van der Waals surface area contributed by atoms with Crippen molar-refractivity contribution in [3.63, 3.8) is 0 Å². The van der Waals surface area contributed by atoms with Crippen LogP contribution in [0.5, 0.6) is 0 Å². The Hall–Kier alpha value is -3.36. The van der Waals surface area contributed by atoms with Crippen LogP contribution in [0.3, 0.4) is 0 Å². The molecule has 2 aromatic carbocycles. The van der Waals surface area contributed by atoms with Gasteiger partial charge in [-0.25, -0.2) is 14.3 Å². The molecule has 0 unspecified atom stereocenters. The minimum Gasteiger partial charge on any atom is -0.364 e.